The summed E-state index contributed by atoms with van der Waals surface area (Å²) in [6.45, 7) is 2.21. The highest BCUT2D eigenvalue weighted by molar-refractivity contribution is 8.12. The summed E-state index contributed by atoms with van der Waals surface area (Å²) in [5, 5.41) is 0. The fourth-order valence-corrected chi connectivity index (χ4v) is 4.61. The Morgan fingerprint density at radius 2 is 2.11 bits per heavy atom. The Hall–Kier alpha value is -1.27. The molecule has 19 heavy (non-hydrogen) atoms. The number of nitrogens with zero attached hydrogens (tertiary/aromatic N) is 1. The molecule has 2 heterocycles. The van der Waals surface area contributed by atoms with Crippen molar-refractivity contribution in [3.05, 3.63) is 29.8 Å². The molecule has 0 aromatic heterocycles. The van der Waals surface area contributed by atoms with Crippen LogP contribution >= 0.6 is 10.7 Å². The van der Waals surface area contributed by atoms with Gasteiger partial charge in [-0.05, 0) is 6.07 Å². The second-order valence-corrected chi connectivity index (χ2v) is 7.27. The van der Waals surface area contributed by atoms with Crippen LogP contribution in [-0.4, -0.2) is 25.2 Å². The third-order valence-corrected chi connectivity index (χ3v) is 5.26. The lowest BCUT2D eigenvalue weighted by Crippen LogP contribution is -2.67. The Morgan fingerprint density at radius 3 is 2.74 bits per heavy atom. The van der Waals surface area contributed by atoms with Gasteiger partial charge in [0.25, 0.3) is 0 Å². The van der Waals surface area contributed by atoms with E-state index in [0.29, 0.717) is 17.9 Å². The fourth-order valence-electron chi connectivity index (χ4n) is 2.97. The van der Waals surface area contributed by atoms with Gasteiger partial charge in [-0.1, -0.05) is 25.1 Å². The molecule has 2 aliphatic heterocycles. The van der Waals surface area contributed by atoms with E-state index in [1.54, 1.807) is 18.2 Å². The van der Waals surface area contributed by atoms with Gasteiger partial charge in [-0.25, -0.2) is 4.31 Å². The lowest BCUT2D eigenvalue weighted by Gasteiger charge is -2.55. The van der Waals surface area contributed by atoms with E-state index in [4.69, 9.17) is 15.4 Å². The maximum absolute atomic E-state index is 11.7. The Morgan fingerprint density at radius 1 is 1.42 bits per heavy atom. The van der Waals surface area contributed by atoms with Crippen LogP contribution < -0.4 is 4.74 Å². The first-order valence-corrected chi connectivity index (χ1v) is 8.14. The lowest BCUT2D eigenvalue weighted by atomic mass is 9.70. The van der Waals surface area contributed by atoms with E-state index in [1.807, 2.05) is 13.0 Å². The number of ether oxygens (including phenoxy) is 1. The van der Waals surface area contributed by atoms with E-state index >= 15 is 0 Å². The summed E-state index contributed by atoms with van der Waals surface area (Å²) in [5.41, 5.74) is -0.190. The minimum absolute atomic E-state index is 0.139. The topological polar surface area (TPSA) is 63.7 Å². The van der Waals surface area contributed by atoms with Crippen molar-refractivity contribution in [1.82, 2.24) is 4.31 Å². The van der Waals surface area contributed by atoms with Gasteiger partial charge in [-0.2, -0.15) is 8.42 Å². The van der Waals surface area contributed by atoms with E-state index in [0.717, 1.165) is 4.31 Å². The quantitative estimate of drug-likeness (QED) is 0.584. The Kier molecular flexibility index (Phi) is 2.59. The molecule has 1 aromatic carbocycles. The van der Waals surface area contributed by atoms with Gasteiger partial charge in [0.05, 0.1) is 13.0 Å². The van der Waals surface area contributed by atoms with Crippen LogP contribution in [0.4, 0.5) is 0 Å². The molecule has 1 saturated heterocycles. The first kappa shape index (κ1) is 12.7. The second kappa shape index (κ2) is 3.86. The molecule has 0 saturated carbocycles. The van der Waals surface area contributed by atoms with Crippen LogP contribution in [0.3, 0.4) is 0 Å². The van der Waals surface area contributed by atoms with Crippen LogP contribution in [0.5, 0.6) is 5.75 Å². The Balaban J connectivity index is 2.21. The van der Waals surface area contributed by atoms with Crippen LogP contribution in [0.1, 0.15) is 18.9 Å². The van der Waals surface area contributed by atoms with Crippen molar-refractivity contribution in [2.45, 2.75) is 18.9 Å². The molecule has 3 rings (SSSR count). The number of para-hydroxylation sites is 1. The van der Waals surface area contributed by atoms with Crippen LogP contribution in [0.25, 0.3) is 0 Å². The van der Waals surface area contributed by atoms with Gasteiger partial charge in [0, 0.05) is 22.2 Å². The first-order chi connectivity index (χ1) is 8.87. The molecule has 0 N–H and O–H groups in total. The molecular formula is C12H12ClNO4S. The van der Waals surface area contributed by atoms with Crippen molar-refractivity contribution in [3.63, 3.8) is 0 Å². The minimum Gasteiger partial charge on any atom is -0.493 e. The predicted octanol–water partition coefficient (Wildman–Crippen LogP) is 1.63. The Labute approximate surface area is 115 Å². The number of benzene rings is 1. The summed E-state index contributed by atoms with van der Waals surface area (Å²) < 4.78 is 29.8. The van der Waals surface area contributed by atoms with E-state index < -0.39 is 20.7 Å². The third-order valence-electron chi connectivity index (χ3n) is 3.89. The fraction of sp³-hybridized carbons (Fsp3) is 0.417. The SMILES string of the molecule is CC1COc2ccccc2C12CC(=O)N2S(=O)(=O)Cl. The predicted molar refractivity (Wildman–Crippen MR) is 69.0 cm³/mol. The largest absolute Gasteiger partial charge is 0.493 e. The van der Waals surface area contributed by atoms with E-state index in [9.17, 15) is 13.2 Å². The zero-order chi connectivity index (χ0) is 13.8. The number of halogens is 1. The molecule has 1 aromatic rings. The molecule has 0 bridgehead atoms. The van der Waals surface area contributed by atoms with Crippen LogP contribution in [0.15, 0.2) is 24.3 Å². The Bertz CT molecular complexity index is 659. The average Bonchev–Trinajstić information content (AvgIpc) is 2.30. The van der Waals surface area contributed by atoms with Gasteiger partial charge in [0.2, 0.25) is 5.91 Å². The van der Waals surface area contributed by atoms with Crippen LogP contribution in [0.2, 0.25) is 0 Å². The zero-order valence-electron chi connectivity index (χ0n) is 10.2. The van der Waals surface area contributed by atoms with Gasteiger partial charge >= 0.3 is 9.24 Å². The molecule has 2 aliphatic rings. The zero-order valence-corrected chi connectivity index (χ0v) is 11.7. The molecule has 2 atom stereocenters. The summed E-state index contributed by atoms with van der Waals surface area (Å²) in [6, 6.07) is 7.16. The van der Waals surface area contributed by atoms with Gasteiger partial charge in [0.15, 0.2) is 0 Å². The highest BCUT2D eigenvalue weighted by Crippen LogP contribution is 2.54. The maximum Gasteiger partial charge on any atom is 0.324 e. The summed E-state index contributed by atoms with van der Waals surface area (Å²) in [7, 11) is 1.32. The number of hydrogen-bond donors (Lipinski definition) is 0. The molecule has 2 unspecified atom stereocenters. The van der Waals surface area contributed by atoms with Gasteiger partial charge in [-0.15, -0.1) is 0 Å². The van der Waals surface area contributed by atoms with Crippen molar-refractivity contribution in [3.8, 4) is 5.75 Å². The molecular weight excluding hydrogens is 290 g/mol. The van der Waals surface area contributed by atoms with Crippen molar-refractivity contribution in [2.75, 3.05) is 6.61 Å². The van der Waals surface area contributed by atoms with Gasteiger partial charge in [0.1, 0.15) is 11.3 Å². The number of rotatable bonds is 1. The van der Waals surface area contributed by atoms with Gasteiger partial charge < -0.3 is 4.74 Å². The molecule has 1 amide bonds. The smallest absolute Gasteiger partial charge is 0.324 e. The molecule has 0 radical (unpaired) electrons. The van der Waals surface area contributed by atoms with Crippen molar-refractivity contribution in [1.29, 1.82) is 0 Å². The average molecular weight is 302 g/mol. The number of hydrogen-bond acceptors (Lipinski definition) is 4. The minimum atomic E-state index is -4.10. The summed E-state index contributed by atoms with van der Waals surface area (Å²) in [6.07, 6.45) is 0.139. The van der Waals surface area contributed by atoms with E-state index in [-0.39, 0.29) is 12.3 Å². The number of amides is 1. The molecule has 5 nitrogen and oxygen atoms in total. The number of carbonyl (C=O) groups excluding carboxylic acids is 1. The highest BCUT2D eigenvalue weighted by Gasteiger charge is 2.62. The molecule has 102 valence electrons. The molecule has 1 fully saturated rings. The first-order valence-electron chi connectivity index (χ1n) is 5.87. The molecule has 1 spiro atoms. The van der Waals surface area contributed by atoms with Crippen LogP contribution in [0, 0.1) is 5.92 Å². The van der Waals surface area contributed by atoms with Gasteiger partial charge in [-0.3, -0.25) is 4.79 Å². The van der Waals surface area contributed by atoms with Crippen molar-refractivity contribution >= 4 is 25.8 Å². The second-order valence-electron chi connectivity index (χ2n) is 4.91. The molecule has 0 aliphatic carbocycles. The highest BCUT2D eigenvalue weighted by atomic mass is 35.7. The number of carbonyl (C=O) groups is 1. The number of β-lactam (4-membered cyclic amide) rings is 1. The normalized spacial score (nSPS) is 29.7. The summed E-state index contributed by atoms with van der Waals surface area (Å²) >= 11 is 0. The van der Waals surface area contributed by atoms with Crippen molar-refractivity contribution < 1.29 is 17.9 Å². The lowest BCUT2D eigenvalue weighted by molar-refractivity contribution is -0.152. The maximum atomic E-state index is 11.7. The summed E-state index contributed by atoms with van der Waals surface area (Å²) in [4.78, 5) is 11.7. The summed E-state index contributed by atoms with van der Waals surface area (Å²) in [5.74, 6) is -0.00871. The number of fused-ring (bicyclic) bond motifs is 2. The third kappa shape index (κ3) is 1.59. The molecule has 7 heteroatoms. The van der Waals surface area contributed by atoms with E-state index in [2.05, 4.69) is 0 Å². The standard InChI is InChI=1S/C12H12ClNO4S/c1-8-7-18-10-5-3-2-4-9(10)12(8)6-11(15)14(12)19(13,16)17/h2-5,8H,6-7H2,1H3. The van der Waals surface area contributed by atoms with Crippen LogP contribution in [-0.2, 0) is 19.6 Å². The van der Waals surface area contributed by atoms with Crippen molar-refractivity contribution in [2.24, 2.45) is 5.92 Å². The monoisotopic (exact) mass is 301 g/mol. The van der Waals surface area contributed by atoms with E-state index in [1.165, 1.54) is 0 Å².